The Bertz CT molecular complexity index is 387. The third-order valence-corrected chi connectivity index (χ3v) is 3.34. The third-order valence-electron chi connectivity index (χ3n) is 3.34. The van der Waals surface area contributed by atoms with Crippen LogP contribution in [0.5, 0.6) is 0 Å². The first-order valence-corrected chi connectivity index (χ1v) is 5.78. The summed E-state index contributed by atoms with van der Waals surface area (Å²) in [6.45, 7) is 7.53. The van der Waals surface area contributed by atoms with Crippen LogP contribution in [0.4, 0.5) is 11.6 Å². The molecule has 16 heavy (non-hydrogen) atoms. The molecule has 0 radical (unpaired) electrons. The summed E-state index contributed by atoms with van der Waals surface area (Å²) in [5, 5.41) is 6.42. The van der Waals surface area contributed by atoms with E-state index in [-0.39, 0.29) is 0 Å². The van der Waals surface area contributed by atoms with Crippen molar-refractivity contribution in [2.45, 2.75) is 27.2 Å². The minimum absolute atomic E-state index is 0.515. The fraction of sp³-hybridized carbons (Fsp3) is 0.667. The second-order valence-corrected chi connectivity index (χ2v) is 5.21. The van der Waals surface area contributed by atoms with E-state index < -0.39 is 0 Å². The Morgan fingerprint density at radius 2 is 2.00 bits per heavy atom. The molecule has 1 unspecified atom stereocenters. The van der Waals surface area contributed by atoms with E-state index in [1.165, 1.54) is 6.42 Å². The number of hydrogen-bond acceptors (Lipinski definition) is 4. The number of aryl methyl sites for hydroxylation is 1. The summed E-state index contributed by atoms with van der Waals surface area (Å²) in [5.74, 6) is 3.36. The van der Waals surface area contributed by atoms with Crippen molar-refractivity contribution >= 4 is 11.6 Å². The first-order valence-electron chi connectivity index (χ1n) is 5.78. The van der Waals surface area contributed by atoms with Crippen molar-refractivity contribution in [2.24, 2.45) is 11.3 Å². The Morgan fingerprint density at radius 3 is 2.56 bits per heavy atom. The Balaban J connectivity index is 1.96. The lowest BCUT2D eigenvalue weighted by atomic mass is 10.1. The predicted octanol–water partition coefficient (Wildman–Crippen LogP) is 2.28. The van der Waals surface area contributed by atoms with E-state index in [9.17, 15) is 0 Å². The predicted molar refractivity (Wildman–Crippen MR) is 66.7 cm³/mol. The molecule has 4 nitrogen and oxygen atoms in total. The van der Waals surface area contributed by atoms with E-state index in [2.05, 4.69) is 34.4 Å². The van der Waals surface area contributed by atoms with E-state index >= 15 is 0 Å². The number of nitrogens with zero attached hydrogens (tertiary/aromatic N) is 2. The number of nitrogens with one attached hydrogen (secondary N) is 2. The van der Waals surface area contributed by atoms with Gasteiger partial charge in [-0.25, -0.2) is 9.97 Å². The lowest BCUT2D eigenvalue weighted by molar-refractivity contribution is 0.573. The molecule has 1 heterocycles. The Kier molecular flexibility index (Phi) is 2.74. The van der Waals surface area contributed by atoms with Crippen LogP contribution in [0.25, 0.3) is 0 Å². The second-order valence-electron chi connectivity index (χ2n) is 5.21. The molecule has 1 aliphatic carbocycles. The molecule has 2 rings (SSSR count). The highest BCUT2D eigenvalue weighted by atomic mass is 15.1. The van der Waals surface area contributed by atoms with Crippen molar-refractivity contribution < 1.29 is 0 Å². The number of aromatic nitrogens is 2. The molecule has 0 saturated heterocycles. The third kappa shape index (κ3) is 2.43. The number of anilines is 2. The van der Waals surface area contributed by atoms with Gasteiger partial charge in [0.25, 0.3) is 0 Å². The van der Waals surface area contributed by atoms with Crippen molar-refractivity contribution in [3.63, 3.8) is 0 Å². The SMILES string of the molecule is CNc1cc(NCC2CC2(C)C)nc(C)n1. The highest BCUT2D eigenvalue weighted by Gasteiger charge is 2.44. The highest BCUT2D eigenvalue weighted by molar-refractivity contribution is 5.47. The van der Waals surface area contributed by atoms with Gasteiger partial charge in [0.15, 0.2) is 0 Å². The van der Waals surface area contributed by atoms with Gasteiger partial charge in [-0.05, 0) is 24.7 Å². The summed E-state index contributed by atoms with van der Waals surface area (Å²) in [6, 6.07) is 1.95. The van der Waals surface area contributed by atoms with Crippen LogP contribution in [0, 0.1) is 18.3 Å². The van der Waals surface area contributed by atoms with Crippen molar-refractivity contribution in [3.8, 4) is 0 Å². The van der Waals surface area contributed by atoms with Gasteiger partial charge in [0.05, 0.1) is 0 Å². The number of hydrogen-bond donors (Lipinski definition) is 2. The van der Waals surface area contributed by atoms with Gasteiger partial charge in [-0.15, -0.1) is 0 Å². The normalized spacial score (nSPS) is 21.6. The maximum atomic E-state index is 4.37. The van der Waals surface area contributed by atoms with E-state index in [0.717, 1.165) is 29.9 Å². The van der Waals surface area contributed by atoms with Gasteiger partial charge in [0.1, 0.15) is 17.5 Å². The van der Waals surface area contributed by atoms with E-state index in [0.29, 0.717) is 5.41 Å². The Labute approximate surface area is 96.9 Å². The molecule has 0 aromatic carbocycles. The molecule has 1 aromatic heterocycles. The Morgan fingerprint density at radius 1 is 1.38 bits per heavy atom. The van der Waals surface area contributed by atoms with Gasteiger partial charge >= 0.3 is 0 Å². The van der Waals surface area contributed by atoms with Crippen LogP contribution in [0.15, 0.2) is 6.07 Å². The summed E-state index contributed by atoms with van der Waals surface area (Å²) < 4.78 is 0. The molecular formula is C12H20N4. The first-order chi connectivity index (χ1) is 7.51. The van der Waals surface area contributed by atoms with Gasteiger partial charge in [0.2, 0.25) is 0 Å². The largest absolute Gasteiger partial charge is 0.373 e. The lowest BCUT2D eigenvalue weighted by Crippen LogP contribution is -2.10. The minimum atomic E-state index is 0.515. The van der Waals surface area contributed by atoms with Crippen molar-refractivity contribution in [3.05, 3.63) is 11.9 Å². The Hall–Kier alpha value is -1.32. The summed E-state index contributed by atoms with van der Waals surface area (Å²) in [4.78, 5) is 8.63. The van der Waals surface area contributed by atoms with Crippen LogP contribution in [0.3, 0.4) is 0 Å². The summed E-state index contributed by atoms with van der Waals surface area (Å²) in [5.41, 5.74) is 0.515. The molecule has 1 saturated carbocycles. The fourth-order valence-electron chi connectivity index (χ4n) is 1.94. The van der Waals surface area contributed by atoms with Crippen molar-refractivity contribution in [1.82, 2.24) is 9.97 Å². The molecule has 1 atom stereocenters. The summed E-state index contributed by atoms with van der Waals surface area (Å²) in [7, 11) is 1.87. The van der Waals surface area contributed by atoms with E-state index in [1.807, 2.05) is 20.0 Å². The average molecular weight is 220 g/mol. The maximum absolute atomic E-state index is 4.37. The minimum Gasteiger partial charge on any atom is -0.373 e. The molecule has 1 fully saturated rings. The summed E-state index contributed by atoms with van der Waals surface area (Å²) in [6.07, 6.45) is 1.31. The van der Waals surface area contributed by atoms with Gasteiger partial charge in [-0.2, -0.15) is 0 Å². The topological polar surface area (TPSA) is 49.8 Å². The molecule has 2 N–H and O–H groups in total. The average Bonchev–Trinajstić information content (AvgIpc) is 2.83. The zero-order chi connectivity index (χ0) is 11.8. The van der Waals surface area contributed by atoms with Gasteiger partial charge in [-0.3, -0.25) is 0 Å². The van der Waals surface area contributed by atoms with E-state index in [1.54, 1.807) is 0 Å². The zero-order valence-electron chi connectivity index (χ0n) is 10.5. The van der Waals surface area contributed by atoms with Crippen LogP contribution < -0.4 is 10.6 Å². The quantitative estimate of drug-likeness (QED) is 0.817. The van der Waals surface area contributed by atoms with Crippen LogP contribution in [-0.4, -0.2) is 23.6 Å². The van der Waals surface area contributed by atoms with Crippen LogP contribution in [0.2, 0.25) is 0 Å². The molecule has 0 amide bonds. The van der Waals surface area contributed by atoms with Crippen molar-refractivity contribution in [1.29, 1.82) is 0 Å². The van der Waals surface area contributed by atoms with E-state index in [4.69, 9.17) is 0 Å². The molecule has 4 heteroatoms. The van der Waals surface area contributed by atoms with Gasteiger partial charge in [-0.1, -0.05) is 13.8 Å². The molecular weight excluding hydrogens is 200 g/mol. The monoisotopic (exact) mass is 220 g/mol. The lowest BCUT2D eigenvalue weighted by Gasteiger charge is -2.09. The molecule has 0 spiro atoms. The molecule has 88 valence electrons. The van der Waals surface area contributed by atoms with Crippen LogP contribution in [-0.2, 0) is 0 Å². The molecule has 0 aliphatic heterocycles. The fourth-order valence-corrected chi connectivity index (χ4v) is 1.94. The second kappa shape index (κ2) is 3.92. The van der Waals surface area contributed by atoms with Crippen LogP contribution >= 0.6 is 0 Å². The van der Waals surface area contributed by atoms with Crippen molar-refractivity contribution in [2.75, 3.05) is 24.2 Å². The maximum Gasteiger partial charge on any atom is 0.131 e. The molecule has 1 aliphatic rings. The molecule has 1 aromatic rings. The highest BCUT2D eigenvalue weighted by Crippen LogP contribution is 2.51. The van der Waals surface area contributed by atoms with Crippen LogP contribution in [0.1, 0.15) is 26.1 Å². The smallest absolute Gasteiger partial charge is 0.131 e. The summed E-state index contributed by atoms with van der Waals surface area (Å²) >= 11 is 0. The molecule has 0 bridgehead atoms. The standard InChI is InChI=1S/C12H20N4/c1-8-15-10(13-4)5-11(16-8)14-7-9-6-12(9,2)3/h5,9H,6-7H2,1-4H3,(H2,13,14,15,16). The number of rotatable bonds is 4. The first kappa shape index (κ1) is 11.2. The van der Waals surface area contributed by atoms with Gasteiger partial charge < -0.3 is 10.6 Å². The zero-order valence-corrected chi connectivity index (χ0v) is 10.5. The van der Waals surface area contributed by atoms with Gasteiger partial charge in [0, 0.05) is 19.7 Å².